The largest absolute Gasteiger partial charge is 0.395 e. The van der Waals surface area contributed by atoms with Crippen molar-refractivity contribution in [3.63, 3.8) is 0 Å². The number of rotatable bonds is 6. The molecule has 2 N–H and O–H groups in total. The van der Waals surface area contributed by atoms with Gasteiger partial charge >= 0.3 is 0 Å². The number of nitrogens with zero attached hydrogens (tertiary/aromatic N) is 3. The summed E-state index contributed by atoms with van der Waals surface area (Å²) in [5.74, 6) is 1.13. The molecular formula is C12H22N4O. The number of aromatic nitrogens is 2. The number of aliphatic hydroxyl groups is 1. The van der Waals surface area contributed by atoms with Crippen LogP contribution in [0, 0.1) is 0 Å². The molecule has 0 fully saturated rings. The lowest BCUT2D eigenvalue weighted by Crippen LogP contribution is -2.46. The van der Waals surface area contributed by atoms with Gasteiger partial charge in [0.1, 0.15) is 5.82 Å². The topological polar surface area (TPSA) is 53.3 Å². The predicted molar refractivity (Wildman–Crippen MR) is 66.7 cm³/mol. The van der Waals surface area contributed by atoms with E-state index in [1.54, 1.807) is 0 Å². The molecule has 2 rings (SSSR count). The lowest BCUT2D eigenvalue weighted by Gasteiger charge is -2.30. The number of aliphatic hydroxyl groups excluding tert-OH is 1. The van der Waals surface area contributed by atoms with Crippen molar-refractivity contribution in [3.8, 4) is 0 Å². The quantitative estimate of drug-likeness (QED) is 0.736. The standard InChI is InChI=1S/C12H22N4O/c1-2-3-13-11(10-17)8-15-6-7-16-5-4-14-12(16)9-15/h4-5,11,13,17H,2-3,6-10H2,1H3. The van der Waals surface area contributed by atoms with Crippen LogP contribution in [0.4, 0.5) is 0 Å². The zero-order chi connectivity index (χ0) is 12.1. The van der Waals surface area contributed by atoms with Crippen molar-refractivity contribution in [2.75, 3.05) is 26.2 Å². The second kappa shape index (κ2) is 6.14. The normalized spacial score (nSPS) is 18.0. The zero-order valence-electron chi connectivity index (χ0n) is 10.5. The van der Waals surface area contributed by atoms with Crippen LogP contribution in [-0.4, -0.2) is 51.8 Å². The van der Waals surface area contributed by atoms with E-state index in [9.17, 15) is 5.11 Å². The minimum atomic E-state index is 0.177. The predicted octanol–water partition coefficient (Wildman–Crippen LogP) is 0.0592. The first-order chi connectivity index (χ1) is 8.33. The maximum absolute atomic E-state index is 9.33. The zero-order valence-corrected chi connectivity index (χ0v) is 10.5. The maximum atomic E-state index is 9.33. The fourth-order valence-corrected chi connectivity index (χ4v) is 2.23. The Hall–Kier alpha value is -0.910. The van der Waals surface area contributed by atoms with Crippen LogP contribution >= 0.6 is 0 Å². The summed E-state index contributed by atoms with van der Waals surface area (Å²) in [6, 6.07) is 0.177. The molecule has 1 aliphatic rings. The van der Waals surface area contributed by atoms with Gasteiger partial charge in [0.15, 0.2) is 0 Å². The van der Waals surface area contributed by atoms with Gasteiger partial charge in [-0.25, -0.2) is 4.98 Å². The Balaban J connectivity index is 1.83. The molecule has 0 aromatic carbocycles. The summed E-state index contributed by atoms with van der Waals surface area (Å²) in [6.07, 6.45) is 4.99. The van der Waals surface area contributed by atoms with Crippen LogP contribution in [0.25, 0.3) is 0 Å². The van der Waals surface area contributed by atoms with Crippen molar-refractivity contribution >= 4 is 0 Å². The van der Waals surface area contributed by atoms with E-state index >= 15 is 0 Å². The van der Waals surface area contributed by atoms with Gasteiger partial charge in [0.25, 0.3) is 0 Å². The Morgan fingerprint density at radius 2 is 2.41 bits per heavy atom. The molecule has 0 radical (unpaired) electrons. The second-order valence-corrected chi connectivity index (χ2v) is 4.61. The maximum Gasteiger partial charge on any atom is 0.122 e. The Morgan fingerprint density at radius 1 is 1.53 bits per heavy atom. The van der Waals surface area contributed by atoms with E-state index in [1.807, 2.05) is 12.4 Å². The molecule has 0 aliphatic carbocycles. The first-order valence-corrected chi connectivity index (χ1v) is 6.40. The molecule has 1 aromatic heterocycles. The molecule has 0 saturated carbocycles. The minimum Gasteiger partial charge on any atom is -0.395 e. The summed E-state index contributed by atoms with van der Waals surface area (Å²) in [4.78, 5) is 6.69. The average Bonchev–Trinajstić information content (AvgIpc) is 2.81. The van der Waals surface area contributed by atoms with Crippen LogP contribution in [0.15, 0.2) is 12.4 Å². The molecule has 96 valence electrons. The van der Waals surface area contributed by atoms with E-state index in [0.717, 1.165) is 45.0 Å². The summed E-state index contributed by atoms with van der Waals surface area (Å²) < 4.78 is 2.20. The molecule has 17 heavy (non-hydrogen) atoms. The Kier molecular flexibility index (Phi) is 4.53. The van der Waals surface area contributed by atoms with Crippen molar-refractivity contribution in [2.45, 2.75) is 32.5 Å². The molecule has 0 amide bonds. The van der Waals surface area contributed by atoms with Crippen molar-refractivity contribution in [3.05, 3.63) is 18.2 Å². The third kappa shape index (κ3) is 3.28. The molecule has 0 bridgehead atoms. The summed E-state index contributed by atoms with van der Waals surface area (Å²) in [5.41, 5.74) is 0. The van der Waals surface area contributed by atoms with E-state index in [-0.39, 0.29) is 12.6 Å². The molecule has 1 unspecified atom stereocenters. The second-order valence-electron chi connectivity index (χ2n) is 4.61. The monoisotopic (exact) mass is 238 g/mol. The highest BCUT2D eigenvalue weighted by Gasteiger charge is 2.19. The summed E-state index contributed by atoms with van der Waals surface area (Å²) in [6.45, 7) is 7.12. The third-order valence-corrected chi connectivity index (χ3v) is 3.21. The van der Waals surface area contributed by atoms with E-state index in [0.29, 0.717) is 0 Å². The Labute approximate surface area is 102 Å². The molecule has 1 atom stereocenters. The van der Waals surface area contributed by atoms with Gasteiger partial charge in [-0.05, 0) is 13.0 Å². The van der Waals surface area contributed by atoms with Crippen molar-refractivity contribution in [1.82, 2.24) is 19.8 Å². The van der Waals surface area contributed by atoms with Crippen LogP contribution in [0.3, 0.4) is 0 Å². The van der Waals surface area contributed by atoms with Crippen molar-refractivity contribution < 1.29 is 5.11 Å². The number of fused-ring (bicyclic) bond motifs is 1. The number of nitrogens with one attached hydrogen (secondary N) is 1. The molecule has 0 saturated heterocycles. The SMILES string of the molecule is CCCNC(CO)CN1CCn2ccnc2C1. The van der Waals surface area contributed by atoms with Crippen LogP contribution in [-0.2, 0) is 13.1 Å². The van der Waals surface area contributed by atoms with E-state index in [2.05, 4.69) is 26.7 Å². The third-order valence-electron chi connectivity index (χ3n) is 3.21. The van der Waals surface area contributed by atoms with Gasteiger partial charge in [0.2, 0.25) is 0 Å². The van der Waals surface area contributed by atoms with Crippen LogP contribution in [0.5, 0.6) is 0 Å². The van der Waals surface area contributed by atoms with Gasteiger partial charge < -0.3 is 15.0 Å². The van der Waals surface area contributed by atoms with E-state index in [4.69, 9.17) is 0 Å². The van der Waals surface area contributed by atoms with Gasteiger partial charge in [-0.1, -0.05) is 6.92 Å². The lowest BCUT2D eigenvalue weighted by molar-refractivity contribution is 0.156. The highest BCUT2D eigenvalue weighted by atomic mass is 16.3. The lowest BCUT2D eigenvalue weighted by atomic mass is 10.2. The van der Waals surface area contributed by atoms with Crippen LogP contribution in [0.1, 0.15) is 19.2 Å². The molecule has 5 nitrogen and oxygen atoms in total. The highest BCUT2D eigenvalue weighted by molar-refractivity contribution is 4.95. The van der Waals surface area contributed by atoms with Crippen molar-refractivity contribution in [1.29, 1.82) is 0 Å². The van der Waals surface area contributed by atoms with Gasteiger partial charge in [-0.3, -0.25) is 4.90 Å². The Morgan fingerprint density at radius 3 is 3.18 bits per heavy atom. The molecule has 0 spiro atoms. The summed E-state index contributed by atoms with van der Waals surface area (Å²) >= 11 is 0. The fraction of sp³-hybridized carbons (Fsp3) is 0.750. The van der Waals surface area contributed by atoms with E-state index < -0.39 is 0 Å². The van der Waals surface area contributed by atoms with Gasteiger partial charge in [-0.2, -0.15) is 0 Å². The Bertz CT molecular complexity index is 339. The first-order valence-electron chi connectivity index (χ1n) is 6.40. The number of hydrogen-bond donors (Lipinski definition) is 2. The van der Waals surface area contributed by atoms with Crippen molar-refractivity contribution in [2.24, 2.45) is 0 Å². The minimum absolute atomic E-state index is 0.177. The molecule has 5 heteroatoms. The van der Waals surface area contributed by atoms with Gasteiger partial charge in [-0.15, -0.1) is 0 Å². The molecule has 1 aliphatic heterocycles. The molecular weight excluding hydrogens is 216 g/mol. The van der Waals surface area contributed by atoms with Gasteiger partial charge in [0, 0.05) is 38.1 Å². The average molecular weight is 238 g/mol. The van der Waals surface area contributed by atoms with Gasteiger partial charge in [0.05, 0.1) is 13.2 Å². The number of imidazole rings is 1. The summed E-state index contributed by atoms with van der Waals surface area (Å²) in [7, 11) is 0. The smallest absolute Gasteiger partial charge is 0.122 e. The van der Waals surface area contributed by atoms with E-state index in [1.165, 1.54) is 0 Å². The molecule has 2 heterocycles. The van der Waals surface area contributed by atoms with Crippen LogP contribution < -0.4 is 5.32 Å². The fourth-order valence-electron chi connectivity index (χ4n) is 2.23. The van der Waals surface area contributed by atoms with Crippen LogP contribution in [0.2, 0.25) is 0 Å². The highest BCUT2D eigenvalue weighted by Crippen LogP contribution is 2.10. The first kappa shape index (κ1) is 12.5. The number of hydrogen-bond acceptors (Lipinski definition) is 4. The summed E-state index contributed by atoms with van der Waals surface area (Å²) in [5, 5.41) is 12.7. The molecule has 1 aromatic rings.